The molecule has 1 aliphatic rings. The summed E-state index contributed by atoms with van der Waals surface area (Å²) in [6, 6.07) is 0. The lowest BCUT2D eigenvalue weighted by Gasteiger charge is -2.26. The van der Waals surface area contributed by atoms with Gasteiger partial charge in [-0.1, -0.05) is 13.8 Å². The van der Waals surface area contributed by atoms with E-state index in [0.717, 1.165) is 32.1 Å². The van der Waals surface area contributed by atoms with E-state index in [1.807, 2.05) is 13.8 Å². The minimum absolute atomic E-state index is 0.344. The first-order valence-corrected chi connectivity index (χ1v) is 6.84. The van der Waals surface area contributed by atoms with Crippen molar-refractivity contribution in [1.82, 2.24) is 0 Å². The van der Waals surface area contributed by atoms with Crippen LogP contribution in [-0.4, -0.2) is 19.4 Å². The largest absolute Gasteiger partial charge is 0.508 e. The Morgan fingerprint density at radius 3 is 2.39 bits per heavy atom. The van der Waals surface area contributed by atoms with Gasteiger partial charge in [-0.05, 0) is 43.4 Å². The minimum Gasteiger partial charge on any atom is -0.434 e. The number of carbonyl (C=O) groups is 1. The molecule has 0 spiro atoms. The van der Waals surface area contributed by atoms with E-state index in [0.29, 0.717) is 31.0 Å². The summed E-state index contributed by atoms with van der Waals surface area (Å²) in [6.45, 7) is 4.91. The molecule has 0 saturated heterocycles. The van der Waals surface area contributed by atoms with Gasteiger partial charge in [-0.25, -0.2) is 4.79 Å². The number of hydrogen-bond acceptors (Lipinski definition) is 3. The van der Waals surface area contributed by atoms with Crippen LogP contribution in [0.2, 0.25) is 0 Å². The Morgan fingerprint density at radius 1 is 1.22 bits per heavy atom. The zero-order valence-corrected chi connectivity index (χ0v) is 11.5. The molecule has 1 saturated carbocycles. The van der Waals surface area contributed by atoms with Crippen LogP contribution in [0.4, 0.5) is 4.79 Å². The first-order chi connectivity index (χ1) is 8.61. The Kier molecular flexibility index (Phi) is 6.64. The third-order valence-corrected chi connectivity index (χ3v) is 3.34. The Morgan fingerprint density at radius 2 is 1.83 bits per heavy atom. The van der Waals surface area contributed by atoms with Crippen LogP contribution >= 0.6 is 0 Å². The van der Waals surface area contributed by atoms with Gasteiger partial charge in [0.25, 0.3) is 0 Å². The van der Waals surface area contributed by atoms with Gasteiger partial charge in [0.05, 0.1) is 13.2 Å². The molecule has 0 aromatic rings. The lowest BCUT2D eigenvalue weighted by Crippen LogP contribution is -2.21. The first kappa shape index (κ1) is 14.9. The Bertz CT molecular complexity index is 283. The summed E-state index contributed by atoms with van der Waals surface area (Å²) in [5.74, 6) is 4.21. The molecule has 0 bridgehead atoms. The number of rotatable bonds is 5. The zero-order chi connectivity index (χ0) is 13.4. The molecule has 0 atom stereocenters. The summed E-state index contributed by atoms with van der Waals surface area (Å²) in [5.41, 5.74) is 0. The smallest absolute Gasteiger partial charge is 0.434 e. The molecule has 18 heavy (non-hydrogen) atoms. The van der Waals surface area contributed by atoms with Crippen molar-refractivity contribution >= 4 is 6.16 Å². The minimum atomic E-state index is -0.533. The highest BCUT2D eigenvalue weighted by molar-refractivity contribution is 5.59. The SMILES string of the molecule is C#CC[C@H]1CC[C@H](COC(=O)OCC(C)C)CC1. The molecule has 0 unspecified atom stereocenters. The molecule has 0 amide bonds. The third kappa shape index (κ3) is 5.95. The molecule has 3 heteroatoms. The fourth-order valence-electron chi connectivity index (χ4n) is 2.23. The van der Waals surface area contributed by atoms with Crippen molar-refractivity contribution in [3.63, 3.8) is 0 Å². The van der Waals surface area contributed by atoms with Gasteiger partial charge in [0.15, 0.2) is 0 Å². The van der Waals surface area contributed by atoms with Crippen molar-refractivity contribution < 1.29 is 14.3 Å². The van der Waals surface area contributed by atoms with E-state index in [4.69, 9.17) is 15.9 Å². The van der Waals surface area contributed by atoms with Crippen LogP contribution in [0.1, 0.15) is 46.0 Å². The van der Waals surface area contributed by atoms with Crippen molar-refractivity contribution in [2.75, 3.05) is 13.2 Å². The van der Waals surface area contributed by atoms with Crippen molar-refractivity contribution in [3.8, 4) is 12.3 Å². The number of carbonyl (C=O) groups excluding carboxylic acids is 1. The maximum atomic E-state index is 11.3. The summed E-state index contributed by atoms with van der Waals surface area (Å²) in [6.07, 6.45) is 10.2. The van der Waals surface area contributed by atoms with E-state index in [1.54, 1.807) is 0 Å². The molecule has 1 aliphatic carbocycles. The molecule has 0 heterocycles. The lowest BCUT2D eigenvalue weighted by atomic mass is 9.81. The predicted molar refractivity (Wildman–Crippen MR) is 71.0 cm³/mol. The molecule has 0 aromatic heterocycles. The highest BCUT2D eigenvalue weighted by Gasteiger charge is 2.21. The molecule has 0 N–H and O–H groups in total. The van der Waals surface area contributed by atoms with Crippen molar-refractivity contribution in [2.45, 2.75) is 46.0 Å². The van der Waals surface area contributed by atoms with Gasteiger partial charge < -0.3 is 9.47 Å². The summed E-state index contributed by atoms with van der Waals surface area (Å²) >= 11 is 0. The lowest BCUT2D eigenvalue weighted by molar-refractivity contribution is 0.0314. The normalized spacial score (nSPS) is 23.4. The molecule has 1 fully saturated rings. The van der Waals surface area contributed by atoms with Crippen LogP contribution in [0.25, 0.3) is 0 Å². The molecule has 0 aliphatic heterocycles. The molecule has 102 valence electrons. The number of terminal acetylenes is 1. The van der Waals surface area contributed by atoms with Gasteiger partial charge in [-0.15, -0.1) is 12.3 Å². The monoisotopic (exact) mass is 252 g/mol. The van der Waals surface area contributed by atoms with Crippen LogP contribution in [0.3, 0.4) is 0 Å². The third-order valence-electron chi connectivity index (χ3n) is 3.34. The van der Waals surface area contributed by atoms with E-state index in [9.17, 15) is 4.79 Å². The van der Waals surface area contributed by atoms with Crippen LogP contribution < -0.4 is 0 Å². The van der Waals surface area contributed by atoms with E-state index in [1.165, 1.54) is 0 Å². The molecule has 1 rings (SSSR count). The standard InChI is InChI=1S/C15H24O3/c1-4-5-13-6-8-14(9-7-13)11-18-15(16)17-10-12(2)3/h1,12-14H,5-11H2,2-3H3/t13-,14-. The Balaban J connectivity index is 2.10. The fraction of sp³-hybridized carbons (Fsp3) is 0.800. The van der Waals surface area contributed by atoms with Crippen LogP contribution in [0.15, 0.2) is 0 Å². The average Bonchev–Trinajstić information content (AvgIpc) is 2.36. The zero-order valence-electron chi connectivity index (χ0n) is 11.5. The van der Waals surface area contributed by atoms with E-state index < -0.39 is 6.16 Å². The van der Waals surface area contributed by atoms with Gasteiger partial charge in [0.1, 0.15) is 0 Å². The van der Waals surface area contributed by atoms with Gasteiger partial charge in [0.2, 0.25) is 0 Å². The average molecular weight is 252 g/mol. The second-order valence-electron chi connectivity index (χ2n) is 5.56. The summed E-state index contributed by atoms with van der Waals surface area (Å²) < 4.78 is 10.1. The van der Waals surface area contributed by atoms with Crippen LogP contribution in [0.5, 0.6) is 0 Å². The molecular weight excluding hydrogens is 228 g/mol. The van der Waals surface area contributed by atoms with E-state index in [-0.39, 0.29) is 0 Å². The van der Waals surface area contributed by atoms with Crippen LogP contribution in [0, 0.1) is 30.1 Å². The van der Waals surface area contributed by atoms with Crippen molar-refractivity contribution in [2.24, 2.45) is 17.8 Å². The highest BCUT2D eigenvalue weighted by Crippen LogP contribution is 2.30. The molecule has 3 nitrogen and oxygen atoms in total. The van der Waals surface area contributed by atoms with Gasteiger partial charge in [-0.3, -0.25) is 0 Å². The van der Waals surface area contributed by atoms with E-state index in [2.05, 4.69) is 5.92 Å². The van der Waals surface area contributed by atoms with Gasteiger partial charge in [-0.2, -0.15) is 0 Å². The molecule has 0 aromatic carbocycles. The second-order valence-corrected chi connectivity index (χ2v) is 5.56. The Labute approximate surface area is 110 Å². The number of ether oxygens (including phenoxy) is 2. The highest BCUT2D eigenvalue weighted by atomic mass is 16.7. The predicted octanol–water partition coefficient (Wildman–Crippen LogP) is 3.63. The quantitative estimate of drug-likeness (QED) is 0.553. The van der Waals surface area contributed by atoms with E-state index >= 15 is 0 Å². The van der Waals surface area contributed by atoms with Crippen molar-refractivity contribution in [3.05, 3.63) is 0 Å². The summed E-state index contributed by atoms with van der Waals surface area (Å²) in [5, 5.41) is 0. The molecule has 0 radical (unpaired) electrons. The maximum absolute atomic E-state index is 11.3. The van der Waals surface area contributed by atoms with Gasteiger partial charge in [0, 0.05) is 6.42 Å². The Hall–Kier alpha value is -1.17. The summed E-state index contributed by atoms with van der Waals surface area (Å²) in [7, 11) is 0. The van der Waals surface area contributed by atoms with Crippen LogP contribution in [-0.2, 0) is 9.47 Å². The fourth-order valence-corrected chi connectivity index (χ4v) is 2.23. The number of hydrogen-bond donors (Lipinski definition) is 0. The topological polar surface area (TPSA) is 35.5 Å². The first-order valence-electron chi connectivity index (χ1n) is 6.84. The van der Waals surface area contributed by atoms with Crippen molar-refractivity contribution in [1.29, 1.82) is 0 Å². The maximum Gasteiger partial charge on any atom is 0.508 e. The molecular formula is C15H24O3. The van der Waals surface area contributed by atoms with Gasteiger partial charge >= 0.3 is 6.16 Å². The summed E-state index contributed by atoms with van der Waals surface area (Å²) in [4.78, 5) is 11.3. The second kappa shape index (κ2) is 8.02.